The number of rotatable bonds is 0. The van der Waals surface area contributed by atoms with Crippen molar-refractivity contribution in [3.05, 3.63) is 0 Å². The number of carbonyl (C=O) groups is 1. The Morgan fingerprint density at radius 3 is 1.67 bits per heavy atom. The smallest absolute Gasteiger partial charge is 0.126 e. The highest BCUT2D eigenvalue weighted by atomic mass is 32.2. The minimum absolute atomic E-state index is 0.167. The average molecular weight is 146 g/mol. The van der Waals surface area contributed by atoms with Crippen LogP contribution in [-0.2, 0) is 4.79 Å². The fourth-order valence-electron chi connectivity index (χ4n) is 0.510. The van der Waals surface area contributed by atoms with Crippen molar-refractivity contribution in [2.75, 3.05) is 11.5 Å². The topological polar surface area (TPSA) is 17.1 Å². The predicted octanol–water partition coefficient (Wildman–Crippen LogP) is 2.11. The lowest BCUT2D eigenvalue weighted by atomic mass is 10.4. The summed E-state index contributed by atoms with van der Waals surface area (Å²) in [6, 6.07) is 0. The zero-order valence-electron chi connectivity index (χ0n) is 6.14. The van der Waals surface area contributed by atoms with Gasteiger partial charge in [-0.25, -0.2) is 0 Å². The highest BCUT2D eigenvalue weighted by Gasteiger charge is 1.95. The summed E-state index contributed by atoms with van der Waals surface area (Å²) in [5.41, 5.74) is 0. The lowest BCUT2D eigenvalue weighted by molar-refractivity contribution is -0.114. The second kappa shape index (κ2) is 6.14. The standard InChI is InChI=1S/C4H8S.C3H6O/c1-2-4-5-3-1;1-3(2)4/h1-4H2;1-2H3. The highest BCUT2D eigenvalue weighted by molar-refractivity contribution is 7.99. The van der Waals surface area contributed by atoms with E-state index in [4.69, 9.17) is 0 Å². The Balaban J connectivity index is 0.000000148. The van der Waals surface area contributed by atoms with Gasteiger partial charge in [0.25, 0.3) is 0 Å². The van der Waals surface area contributed by atoms with Gasteiger partial charge in [-0.1, -0.05) is 0 Å². The molecule has 0 aromatic rings. The van der Waals surface area contributed by atoms with Crippen LogP contribution in [0.15, 0.2) is 0 Å². The summed E-state index contributed by atoms with van der Waals surface area (Å²) in [5.74, 6) is 3.00. The largest absolute Gasteiger partial charge is 0.300 e. The minimum Gasteiger partial charge on any atom is -0.300 e. The molecule has 0 aromatic heterocycles. The SMILES string of the molecule is C1CCSC1.CC(C)=O. The van der Waals surface area contributed by atoms with Gasteiger partial charge in [0.1, 0.15) is 5.78 Å². The van der Waals surface area contributed by atoms with Gasteiger partial charge in [-0.05, 0) is 38.2 Å². The Hall–Kier alpha value is 0.0200. The first kappa shape index (κ1) is 9.02. The monoisotopic (exact) mass is 146 g/mol. The van der Waals surface area contributed by atoms with Crippen LogP contribution in [0.25, 0.3) is 0 Å². The summed E-state index contributed by atoms with van der Waals surface area (Å²) >= 11 is 2.07. The molecule has 0 aliphatic carbocycles. The first-order chi connectivity index (χ1) is 4.23. The summed E-state index contributed by atoms with van der Waals surface area (Å²) in [6.07, 6.45) is 2.93. The number of hydrogen-bond acceptors (Lipinski definition) is 2. The van der Waals surface area contributed by atoms with Crippen LogP contribution in [0.5, 0.6) is 0 Å². The van der Waals surface area contributed by atoms with Crippen LogP contribution in [0, 0.1) is 0 Å². The normalized spacial score (nSPS) is 16.2. The van der Waals surface area contributed by atoms with Crippen molar-refractivity contribution in [1.82, 2.24) is 0 Å². The molecule has 2 heteroatoms. The third-order valence-corrected chi connectivity index (χ3v) is 1.98. The Kier molecular flexibility index (Phi) is 6.16. The molecule has 1 rings (SSSR count). The summed E-state index contributed by atoms with van der Waals surface area (Å²) in [5, 5.41) is 0. The van der Waals surface area contributed by atoms with Crippen molar-refractivity contribution in [3.63, 3.8) is 0 Å². The molecular formula is C7H14OS. The summed E-state index contributed by atoms with van der Waals surface area (Å²) < 4.78 is 0. The molecule has 0 atom stereocenters. The Morgan fingerprint density at radius 1 is 1.22 bits per heavy atom. The highest BCUT2D eigenvalue weighted by Crippen LogP contribution is 2.14. The number of thioether (sulfide) groups is 1. The van der Waals surface area contributed by atoms with Crippen LogP contribution < -0.4 is 0 Å². The number of carbonyl (C=O) groups excluding carboxylic acids is 1. The quantitative estimate of drug-likeness (QED) is 0.520. The molecule has 0 aromatic carbocycles. The molecule has 1 fully saturated rings. The lowest BCUT2D eigenvalue weighted by Crippen LogP contribution is -1.69. The molecule has 0 spiro atoms. The van der Waals surface area contributed by atoms with E-state index in [9.17, 15) is 4.79 Å². The van der Waals surface area contributed by atoms with E-state index >= 15 is 0 Å². The van der Waals surface area contributed by atoms with Gasteiger partial charge in [0.2, 0.25) is 0 Å². The van der Waals surface area contributed by atoms with E-state index in [0.29, 0.717) is 0 Å². The summed E-state index contributed by atoms with van der Waals surface area (Å²) in [7, 11) is 0. The fourth-order valence-corrected chi connectivity index (χ4v) is 1.53. The minimum atomic E-state index is 0.167. The first-order valence-corrected chi connectivity index (χ1v) is 4.44. The third-order valence-electron chi connectivity index (χ3n) is 0.827. The molecule has 0 saturated carbocycles. The van der Waals surface area contributed by atoms with Crippen LogP contribution >= 0.6 is 11.8 Å². The third kappa shape index (κ3) is 11.5. The summed E-state index contributed by atoms with van der Waals surface area (Å²) in [4.78, 5) is 9.44. The molecule has 1 nitrogen and oxygen atoms in total. The molecule has 9 heavy (non-hydrogen) atoms. The van der Waals surface area contributed by atoms with Crippen LogP contribution in [-0.4, -0.2) is 17.3 Å². The second-order valence-corrected chi connectivity index (χ2v) is 3.45. The molecule has 1 aliphatic heterocycles. The predicted molar refractivity (Wildman–Crippen MR) is 42.9 cm³/mol. The second-order valence-electron chi connectivity index (χ2n) is 2.23. The zero-order valence-corrected chi connectivity index (χ0v) is 6.96. The lowest BCUT2D eigenvalue weighted by Gasteiger charge is -1.69. The van der Waals surface area contributed by atoms with E-state index in [1.54, 1.807) is 0 Å². The summed E-state index contributed by atoms with van der Waals surface area (Å²) in [6.45, 7) is 3.06. The Morgan fingerprint density at radius 2 is 1.56 bits per heavy atom. The van der Waals surface area contributed by atoms with Gasteiger partial charge in [0.15, 0.2) is 0 Å². The number of ketones is 1. The molecule has 0 unspecified atom stereocenters. The van der Waals surface area contributed by atoms with Gasteiger partial charge in [-0.2, -0.15) is 11.8 Å². The van der Waals surface area contributed by atoms with Crippen LogP contribution in [0.3, 0.4) is 0 Å². The maximum atomic E-state index is 9.44. The van der Waals surface area contributed by atoms with Gasteiger partial charge in [0, 0.05) is 0 Å². The van der Waals surface area contributed by atoms with Crippen molar-refractivity contribution in [2.45, 2.75) is 26.7 Å². The van der Waals surface area contributed by atoms with Crippen LogP contribution in [0.1, 0.15) is 26.7 Å². The van der Waals surface area contributed by atoms with Crippen LogP contribution in [0.2, 0.25) is 0 Å². The average Bonchev–Trinajstić information content (AvgIpc) is 2.11. The Labute approximate surface area is 61.2 Å². The molecule has 1 saturated heterocycles. The molecule has 1 heterocycles. The van der Waals surface area contributed by atoms with E-state index in [2.05, 4.69) is 11.8 Å². The van der Waals surface area contributed by atoms with Crippen molar-refractivity contribution in [2.24, 2.45) is 0 Å². The molecule has 0 N–H and O–H groups in total. The molecule has 0 radical (unpaired) electrons. The van der Waals surface area contributed by atoms with Gasteiger partial charge >= 0.3 is 0 Å². The zero-order chi connectivity index (χ0) is 7.11. The van der Waals surface area contributed by atoms with E-state index in [1.165, 1.54) is 38.2 Å². The van der Waals surface area contributed by atoms with E-state index in [0.717, 1.165) is 0 Å². The number of Topliss-reactive ketones (excluding diaryl/α,β-unsaturated/α-hetero) is 1. The van der Waals surface area contributed by atoms with E-state index in [-0.39, 0.29) is 5.78 Å². The van der Waals surface area contributed by atoms with Crippen molar-refractivity contribution in [3.8, 4) is 0 Å². The molecule has 1 aliphatic rings. The van der Waals surface area contributed by atoms with Crippen molar-refractivity contribution < 1.29 is 4.79 Å². The van der Waals surface area contributed by atoms with Crippen LogP contribution in [0.4, 0.5) is 0 Å². The van der Waals surface area contributed by atoms with Crippen molar-refractivity contribution >= 4 is 17.5 Å². The fraction of sp³-hybridized carbons (Fsp3) is 0.857. The van der Waals surface area contributed by atoms with E-state index in [1.807, 2.05) is 0 Å². The maximum Gasteiger partial charge on any atom is 0.126 e. The van der Waals surface area contributed by atoms with Gasteiger partial charge in [-0.3, -0.25) is 0 Å². The first-order valence-electron chi connectivity index (χ1n) is 3.28. The van der Waals surface area contributed by atoms with Gasteiger partial charge < -0.3 is 4.79 Å². The van der Waals surface area contributed by atoms with Gasteiger partial charge in [0.05, 0.1) is 0 Å². The molecule has 54 valence electrons. The molecule has 0 amide bonds. The van der Waals surface area contributed by atoms with Crippen molar-refractivity contribution in [1.29, 1.82) is 0 Å². The van der Waals surface area contributed by atoms with Gasteiger partial charge in [-0.15, -0.1) is 0 Å². The Bertz CT molecular complexity index is 65.4. The molecule has 0 bridgehead atoms. The number of hydrogen-bond donors (Lipinski definition) is 0. The maximum absolute atomic E-state index is 9.44. The van der Waals surface area contributed by atoms with E-state index < -0.39 is 0 Å². The molecular weight excluding hydrogens is 132 g/mol.